The Morgan fingerprint density at radius 1 is 1.08 bits per heavy atom. The molecule has 0 amide bonds. The van der Waals surface area contributed by atoms with Crippen LogP contribution in [-0.4, -0.2) is 35.5 Å². The maximum absolute atomic E-state index is 14.8. The molecule has 3 heterocycles. The van der Waals surface area contributed by atoms with Gasteiger partial charge >= 0.3 is 0 Å². The van der Waals surface area contributed by atoms with Crippen LogP contribution in [0.15, 0.2) is 22.7 Å². The van der Waals surface area contributed by atoms with E-state index in [1.165, 1.54) is 51.6 Å². The lowest BCUT2D eigenvalue weighted by molar-refractivity contribution is 0.0744. The van der Waals surface area contributed by atoms with E-state index in [2.05, 4.69) is 20.8 Å². The zero-order chi connectivity index (χ0) is 16.6. The van der Waals surface area contributed by atoms with Crippen molar-refractivity contribution in [2.75, 3.05) is 24.6 Å². The third kappa shape index (κ3) is 3.30. The highest BCUT2D eigenvalue weighted by Gasteiger charge is 2.47. The van der Waals surface area contributed by atoms with Crippen molar-refractivity contribution in [3.8, 4) is 0 Å². The number of thioether (sulfide) groups is 2. The first-order chi connectivity index (χ1) is 11.7. The van der Waals surface area contributed by atoms with Crippen LogP contribution in [0.3, 0.4) is 0 Å². The first-order valence-corrected chi connectivity index (χ1v) is 11.9. The fourth-order valence-corrected chi connectivity index (χ4v) is 8.74. The Labute approximate surface area is 161 Å². The number of hydrogen-bond acceptors (Lipinski definition) is 3. The van der Waals surface area contributed by atoms with Gasteiger partial charge in [0, 0.05) is 16.1 Å². The molecule has 0 saturated carbocycles. The number of benzene rings is 1. The number of piperidine rings is 2. The van der Waals surface area contributed by atoms with Gasteiger partial charge in [-0.05, 0) is 80.8 Å². The van der Waals surface area contributed by atoms with E-state index in [1.807, 2.05) is 35.7 Å². The molecule has 5 heteroatoms. The highest BCUT2D eigenvalue weighted by Crippen LogP contribution is 2.59. The van der Waals surface area contributed by atoms with Gasteiger partial charge in [0.1, 0.15) is 5.82 Å². The molecule has 3 saturated heterocycles. The van der Waals surface area contributed by atoms with E-state index in [9.17, 15) is 4.39 Å². The van der Waals surface area contributed by atoms with Crippen molar-refractivity contribution in [1.82, 2.24) is 4.90 Å². The Bertz CT molecular complexity index is 591. The fourth-order valence-electron chi connectivity index (χ4n) is 4.66. The van der Waals surface area contributed by atoms with Crippen molar-refractivity contribution in [3.05, 3.63) is 34.1 Å². The molecule has 0 radical (unpaired) electrons. The molecule has 132 valence electrons. The van der Waals surface area contributed by atoms with Crippen molar-refractivity contribution >= 4 is 39.5 Å². The van der Waals surface area contributed by atoms with E-state index in [0.29, 0.717) is 5.92 Å². The average molecular weight is 430 g/mol. The van der Waals surface area contributed by atoms with Crippen LogP contribution in [0.1, 0.15) is 44.1 Å². The summed E-state index contributed by atoms with van der Waals surface area (Å²) in [6.45, 7) is 2.48. The molecule has 0 aromatic heterocycles. The molecule has 1 aromatic rings. The first-order valence-electron chi connectivity index (χ1n) is 9.16. The van der Waals surface area contributed by atoms with Gasteiger partial charge < -0.3 is 4.90 Å². The predicted molar refractivity (Wildman–Crippen MR) is 107 cm³/mol. The van der Waals surface area contributed by atoms with Crippen molar-refractivity contribution in [1.29, 1.82) is 0 Å². The molecule has 0 N–H and O–H groups in total. The average Bonchev–Trinajstić information content (AvgIpc) is 2.64. The van der Waals surface area contributed by atoms with Gasteiger partial charge in [0.15, 0.2) is 0 Å². The van der Waals surface area contributed by atoms with E-state index >= 15 is 0 Å². The molecular weight excluding hydrogens is 405 g/mol. The van der Waals surface area contributed by atoms with Gasteiger partial charge in [-0.15, -0.1) is 23.5 Å². The summed E-state index contributed by atoms with van der Waals surface area (Å²) in [5.74, 6) is 2.87. The maximum Gasteiger partial charge on any atom is 0.128 e. The lowest BCUT2D eigenvalue weighted by Crippen LogP contribution is -2.49. The van der Waals surface area contributed by atoms with Crippen LogP contribution in [0.5, 0.6) is 0 Å². The number of fused-ring (bicyclic) bond motifs is 1. The van der Waals surface area contributed by atoms with Crippen LogP contribution >= 0.6 is 39.5 Å². The van der Waals surface area contributed by atoms with Gasteiger partial charge in [-0.3, -0.25) is 0 Å². The summed E-state index contributed by atoms with van der Waals surface area (Å²) < 4.78 is 15.7. The molecule has 2 unspecified atom stereocenters. The van der Waals surface area contributed by atoms with Crippen LogP contribution in [0.4, 0.5) is 4.39 Å². The van der Waals surface area contributed by atoms with Crippen LogP contribution in [0, 0.1) is 11.7 Å². The predicted octanol–water partition coefficient (Wildman–Crippen LogP) is 5.88. The topological polar surface area (TPSA) is 3.24 Å². The summed E-state index contributed by atoms with van der Waals surface area (Å²) in [4.78, 5) is 2.70. The van der Waals surface area contributed by atoms with E-state index in [1.54, 1.807) is 6.07 Å². The van der Waals surface area contributed by atoms with E-state index in [0.717, 1.165) is 27.6 Å². The van der Waals surface area contributed by atoms with Crippen LogP contribution in [0.25, 0.3) is 0 Å². The number of halogens is 2. The quantitative estimate of drug-likeness (QED) is 0.577. The standard InChI is InChI=1S/C19H25BrFNS2/c20-15-5-6-18(21)17(13-15)19(23-10-3-11-24-19)14-7-9-22-8-2-1-4-16(22)12-14/h5-6,13-14,16H,1-4,7-12H2. The minimum Gasteiger partial charge on any atom is -0.300 e. The molecule has 3 aliphatic rings. The highest BCUT2D eigenvalue weighted by molar-refractivity contribution is 9.10. The van der Waals surface area contributed by atoms with Crippen molar-refractivity contribution < 1.29 is 4.39 Å². The van der Waals surface area contributed by atoms with Gasteiger partial charge in [-0.1, -0.05) is 22.4 Å². The van der Waals surface area contributed by atoms with Crippen LogP contribution < -0.4 is 0 Å². The molecule has 24 heavy (non-hydrogen) atoms. The second kappa shape index (κ2) is 7.50. The molecule has 0 aliphatic carbocycles. The minimum absolute atomic E-state index is 0.0221. The minimum atomic E-state index is -0.0876. The van der Waals surface area contributed by atoms with Crippen molar-refractivity contribution in [2.24, 2.45) is 5.92 Å². The third-order valence-corrected chi connectivity index (χ3v) is 9.98. The number of nitrogens with zero attached hydrogens (tertiary/aromatic N) is 1. The van der Waals surface area contributed by atoms with Crippen molar-refractivity contribution in [3.63, 3.8) is 0 Å². The summed E-state index contributed by atoms with van der Waals surface area (Å²) in [5.41, 5.74) is 0.931. The normalized spacial score (nSPS) is 30.8. The van der Waals surface area contributed by atoms with Crippen molar-refractivity contribution in [2.45, 2.75) is 48.6 Å². The highest BCUT2D eigenvalue weighted by atomic mass is 79.9. The molecule has 3 fully saturated rings. The third-order valence-electron chi connectivity index (χ3n) is 5.83. The van der Waals surface area contributed by atoms with Gasteiger partial charge in [0.2, 0.25) is 0 Å². The zero-order valence-corrected chi connectivity index (χ0v) is 17.2. The molecule has 0 bridgehead atoms. The molecular formula is C19H25BrFNS2. The Morgan fingerprint density at radius 3 is 2.75 bits per heavy atom. The fraction of sp³-hybridized carbons (Fsp3) is 0.684. The molecule has 4 rings (SSSR count). The van der Waals surface area contributed by atoms with Gasteiger partial charge in [0.25, 0.3) is 0 Å². The SMILES string of the molecule is Fc1ccc(Br)cc1C1(C2CCN3CCCCC3C2)SCCCS1. The monoisotopic (exact) mass is 429 g/mol. The van der Waals surface area contributed by atoms with Gasteiger partial charge in [0.05, 0.1) is 4.08 Å². The molecule has 1 aromatic carbocycles. The maximum atomic E-state index is 14.8. The number of hydrogen-bond donors (Lipinski definition) is 0. The second-order valence-corrected chi connectivity index (χ2v) is 11.1. The van der Waals surface area contributed by atoms with E-state index < -0.39 is 0 Å². The summed E-state index contributed by atoms with van der Waals surface area (Å²) in [5, 5.41) is 0. The molecule has 0 spiro atoms. The summed E-state index contributed by atoms with van der Waals surface area (Å²) in [6, 6.07) is 6.25. The summed E-state index contributed by atoms with van der Waals surface area (Å²) in [7, 11) is 0. The lowest BCUT2D eigenvalue weighted by Gasteiger charge is -2.50. The van der Waals surface area contributed by atoms with Gasteiger partial charge in [-0.2, -0.15) is 0 Å². The smallest absolute Gasteiger partial charge is 0.128 e. The van der Waals surface area contributed by atoms with Crippen LogP contribution in [-0.2, 0) is 4.08 Å². The number of rotatable bonds is 2. The summed E-state index contributed by atoms with van der Waals surface area (Å²) in [6.07, 6.45) is 7.76. The van der Waals surface area contributed by atoms with E-state index in [-0.39, 0.29) is 9.90 Å². The molecule has 1 nitrogen and oxygen atoms in total. The Hall–Kier alpha value is 0.290. The largest absolute Gasteiger partial charge is 0.300 e. The Balaban J connectivity index is 1.67. The lowest BCUT2D eigenvalue weighted by atomic mass is 9.81. The van der Waals surface area contributed by atoms with Gasteiger partial charge in [-0.25, -0.2) is 4.39 Å². The summed E-state index contributed by atoms with van der Waals surface area (Å²) >= 11 is 7.61. The Kier molecular flexibility index (Phi) is 5.53. The molecule has 3 aliphatic heterocycles. The Morgan fingerprint density at radius 2 is 1.92 bits per heavy atom. The second-order valence-electron chi connectivity index (χ2n) is 7.25. The zero-order valence-electron chi connectivity index (χ0n) is 14.0. The first kappa shape index (κ1) is 17.7. The van der Waals surface area contributed by atoms with Crippen LogP contribution in [0.2, 0.25) is 0 Å². The van der Waals surface area contributed by atoms with E-state index in [4.69, 9.17) is 0 Å². The molecule has 2 atom stereocenters.